The molecule has 17 heavy (non-hydrogen) atoms. The number of benzene rings is 1. The predicted molar refractivity (Wildman–Crippen MR) is 67.2 cm³/mol. The minimum Gasteiger partial charge on any atom is -0.481 e. The number of carboxylic acid groups (broad SMARTS) is 1. The van der Waals surface area contributed by atoms with Crippen molar-refractivity contribution in [3.8, 4) is 0 Å². The van der Waals surface area contributed by atoms with Gasteiger partial charge in [-0.2, -0.15) is 0 Å². The maximum atomic E-state index is 11.1. The number of carboxylic acids is 1. The van der Waals surface area contributed by atoms with E-state index in [-0.39, 0.29) is 6.42 Å². The summed E-state index contributed by atoms with van der Waals surface area (Å²) < 4.78 is 0. The van der Waals surface area contributed by atoms with Gasteiger partial charge in [-0.15, -0.1) is 0 Å². The van der Waals surface area contributed by atoms with E-state index in [9.17, 15) is 9.90 Å². The summed E-state index contributed by atoms with van der Waals surface area (Å²) in [5.74, 6) is -1.02. The molecule has 0 spiro atoms. The minimum atomic E-state index is -1.33. The van der Waals surface area contributed by atoms with E-state index in [0.717, 1.165) is 5.56 Å². The summed E-state index contributed by atoms with van der Waals surface area (Å²) in [4.78, 5) is 11.1. The Kier molecular flexibility index (Phi) is 3.84. The molecule has 4 heteroatoms. The van der Waals surface area contributed by atoms with Crippen LogP contribution in [0.4, 0.5) is 0 Å². The first-order valence-corrected chi connectivity index (χ1v) is 5.75. The van der Waals surface area contributed by atoms with E-state index in [1.807, 2.05) is 0 Å². The average molecular weight is 257 g/mol. The molecule has 1 atom stereocenters. The third-order valence-electron chi connectivity index (χ3n) is 3.34. The highest BCUT2D eigenvalue weighted by atomic mass is 35.5. The van der Waals surface area contributed by atoms with Crippen molar-refractivity contribution in [3.63, 3.8) is 0 Å². The summed E-state index contributed by atoms with van der Waals surface area (Å²) in [5, 5.41) is 20.1. The van der Waals surface area contributed by atoms with Crippen LogP contribution in [0.1, 0.15) is 26.3 Å². The molecular weight excluding hydrogens is 240 g/mol. The van der Waals surface area contributed by atoms with Crippen LogP contribution in [0.15, 0.2) is 24.3 Å². The Morgan fingerprint density at radius 1 is 1.24 bits per heavy atom. The molecule has 0 amide bonds. The molecule has 0 bridgehead atoms. The van der Waals surface area contributed by atoms with E-state index in [0.29, 0.717) is 5.02 Å². The fourth-order valence-electron chi connectivity index (χ4n) is 1.45. The van der Waals surface area contributed by atoms with Crippen molar-refractivity contribution in [2.45, 2.75) is 32.8 Å². The zero-order valence-corrected chi connectivity index (χ0v) is 11.0. The Balaban J connectivity index is 2.93. The molecule has 0 aliphatic rings. The van der Waals surface area contributed by atoms with Crippen molar-refractivity contribution < 1.29 is 15.0 Å². The normalized spacial score (nSPS) is 15.4. The van der Waals surface area contributed by atoms with E-state index in [1.165, 1.54) is 20.8 Å². The first-order valence-electron chi connectivity index (χ1n) is 5.37. The summed E-state index contributed by atoms with van der Waals surface area (Å²) in [6.45, 7) is 4.58. The van der Waals surface area contributed by atoms with Gasteiger partial charge in [0.1, 0.15) is 0 Å². The van der Waals surface area contributed by atoms with Crippen molar-refractivity contribution in [2.24, 2.45) is 5.41 Å². The number of carbonyl (C=O) groups is 1. The van der Waals surface area contributed by atoms with E-state index >= 15 is 0 Å². The van der Waals surface area contributed by atoms with Crippen molar-refractivity contribution in [1.82, 2.24) is 0 Å². The molecule has 0 radical (unpaired) electrons. The molecule has 3 nitrogen and oxygen atoms in total. The molecule has 1 aromatic rings. The summed E-state index contributed by atoms with van der Waals surface area (Å²) in [7, 11) is 0. The van der Waals surface area contributed by atoms with Crippen LogP contribution >= 0.6 is 11.6 Å². The Labute approximate surface area is 106 Å². The highest BCUT2D eigenvalue weighted by molar-refractivity contribution is 6.30. The fraction of sp³-hybridized carbons (Fsp3) is 0.462. The predicted octanol–water partition coefficient (Wildman–Crippen LogP) is 2.74. The third-order valence-corrected chi connectivity index (χ3v) is 3.59. The maximum Gasteiger partial charge on any atom is 0.312 e. The van der Waals surface area contributed by atoms with Gasteiger partial charge in [-0.1, -0.05) is 23.7 Å². The van der Waals surface area contributed by atoms with Gasteiger partial charge >= 0.3 is 5.97 Å². The molecule has 1 aromatic carbocycles. The molecule has 0 fully saturated rings. The largest absolute Gasteiger partial charge is 0.481 e. The first kappa shape index (κ1) is 14.0. The maximum absolute atomic E-state index is 11.1. The van der Waals surface area contributed by atoms with Crippen molar-refractivity contribution in [1.29, 1.82) is 0 Å². The molecule has 0 aliphatic carbocycles. The summed E-state index contributed by atoms with van der Waals surface area (Å²) in [6, 6.07) is 7.02. The lowest BCUT2D eigenvalue weighted by Crippen LogP contribution is -2.48. The lowest BCUT2D eigenvalue weighted by molar-refractivity contribution is -0.162. The van der Waals surface area contributed by atoms with Gasteiger partial charge in [0.05, 0.1) is 11.0 Å². The number of aliphatic hydroxyl groups is 1. The van der Waals surface area contributed by atoms with Gasteiger partial charge in [0.2, 0.25) is 0 Å². The van der Waals surface area contributed by atoms with Crippen LogP contribution < -0.4 is 0 Å². The summed E-state index contributed by atoms with van der Waals surface area (Å²) in [5.41, 5.74) is -1.69. The molecule has 0 aliphatic heterocycles. The Morgan fingerprint density at radius 2 is 1.71 bits per heavy atom. The highest BCUT2D eigenvalue weighted by Crippen LogP contribution is 2.34. The molecule has 1 rings (SSSR count). The molecule has 2 N–H and O–H groups in total. The lowest BCUT2D eigenvalue weighted by atomic mass is 9.73. The van der Waals surface area contributed by atoms with E-state index in [4.69, 9.17) is 16.7 Å². The molecule has 0 heterocycles. The Bertz CT molecular complexity index is 407. The monoisotopic (exact) mass is 256 g/mol. The SMILES string of the molecule is CC(O)(Cc1ccc(Cl)cc1)C(C)(C)C(=O)O. The van der Waals surface area contributed by atoms with Gasteiger partial charge in [-0.3, -0.25) is 4.79 Å². The van der Waals surface area contributed by atoms with Crippen LogP contribution in [0.5, 0.6) is 0 Å². The number of aliphatic carboxylic acids is 1. The number of hydrogen-bond donors (Lipinski definition) is 2. The topological polar surface area (TPSA) is 57.5 Å². The van der Waals surface area contributed by atoms with Crippen LogP contribution in [0.25, 0.3) is 0 Å². The average Bonchev–Trinajstić information content (AvgIpc) is 2.20. The number of rotatable bonds is 4. The molecule has 0 saturated carbocycles. The molecule has 94 valence electrons. The van der Waals surface area contributed by atoms with E-state index in [1.54, 1.807) is 24.3 Å². The van der Waals surface area contributed by atoms with Crippen LogP contribution in [0.2, 0.25) is 5.02 Å². The van der Waals surface area contributed by atoms with Gasteiger partial charge in [-0.05, 0) is 38.5 Å². The smallest absolute Gasteiger partial charge is 0.312 e. The van der Waals surface area contributed by atoms with Crippen LogP contribution in [0, 0.1) is 5.41 Å². The third kappa shape index (κ3) is 2.99. The van der Waals surface area contributed by atoms with Crippen molar-refractivity contribution in [3.05, 3.63) is 34.9 Å². The zero-order chi connectivity index (χ0) is 13.3. The zero-order valence-electron chi connectivity index (χ0n) is 10.2. The van der Waals surface area contributed by atoms with Crippen molar-refractivity contribution >= 4 is 17.6 Å². The van der Waals surface area contributed by atoms with E-state index in [2.05, 4.69) is 0 Å². The first-order chi connectivity index (χ1) is 7.67. The molecule has 0 aromatic heterocycles. The Morgan fingerprint density at radius 3 is 2.12 bits per heavy atom. The van der Waals surface area contributed by atoms with Crippen LogP contribution in [-0.2, 0) is 11.2 Å². The Hall–Kier alpha value is -1.06. The second-order valence-corrected chi connectivity index (χ2v) is 5.44. The van der Waals surface area contributed by atoms with Crippen LogP contribution in [-0.4, -0.2) is 21.8 Å². The highest BCUT2D eigenvalue weighted by Gasteiger charge is 2.45. The van der Waals surface area contributed by atoms with Gasteiger partial charge in [0.25, 0.3) is 0 Å². The fourth-order valence-corrected chi connectivity index (χ4v) is 1.58. The standard InChI is InChI=1S/C13H17ClO3/c1-12(2,11(15)16)13(3,17)8-9-4-6-10(14)7-5-9/h4-7,17H,8H2,1-3H3,(H,15,16). The van der Waals surface area contributed by atoms with Gasteiger partial charge in [0.15, 0.2) is 0 Å². The summed E-state index contributed by atoms with van der Waals surface area (Å²) >= 11 is 5.77. The van der Waals surface area contributed by atoms with Crippen LogP contribution in [0.3, 0.4) is 0 Å². The lowest BCUT2D eigenvalue weighted by Gasteiger charge is -2.36. The quantitative estimate of drug-likeness (QED) is 0.871. The number of hydrogen-bond acceptors (Lipinski definition) is 2. The van der Waals surface area contributed by atoms with Gasteiger partial charge in [-0.25, -0.2) is 0 Å². The van der Waals surface area contributed by atoms with Gasteiger partial charge < -0.3 is 10.2 Å². The second-order valence-electron chi connectivity index (χ2n) is 5.01. The molecule has 1 unspecified atom stereocenters. The minimum absolute atomic E-state index is 0.267. The van der Waals surface area contributed by atoms with Gasteiger partial charge in [0, 0.05) is 11.4 Å². The number of halogens is 1. The van der Waals surface area contributed by atoms with Crippen molar-refractivity contribution in [2.75, 3.05) is 0 Å². The molecule has 0 saturated heterocycles. The second kappa shape index (κ2) is 4.67. The van der Waals surface area contributed by atoms with E-state index < -0.39 is 17.0 Å². The summed E-state index contributed by atoms with van der Waals surface area (Å²) in [6.07, 6.45) is 0.267. The molecular formula is C13H17ClO3.